The summed E-state index contributed by atoms with van der Waals surface area (Å²) < 4.78 is 1.96. The van der Waals surface area contributed by atoms with E-state index in [1.165, 1.54) is 6.07 Å². The summed E-state index contributed by atoms with van der Waals surface area (Å²) in [7, 11) is 0. The van der Waals surface area contributed by atoms with Crippen molar-refractivity contribution in [2.45, 2.75) is 33.7 Å². The summed E-state index contributed by atoms with van der Waals surface area (Å²) in [4.78, 5) is 10.7. The predicted octanol–water partition coefficient (Wildman–Crippen LogP) is 3.22. The van der Waals surface area contributed by atoms with E-state index in [2.05, 4.69) is 10.4 Å². The maximum absolute atomic E-state index is 11.0. The minimum Gasteiger partial charge on any atom is -0.379 e. The highest BCUT2D eigenvalue weighted by molar-refractivity contribution is 5.65. The van der Waals surface area contributed by atoms with E-state index in [0.717, 1.165) is 29.9 Å². The second-order valence-corrected chi connectivity index (χ2v) is 5.16. The van der Waals surface area contributed by atoms with Crippen LogP contribution in [0.25, 0.3) is 0 Å². The lowest BCUT2D eigenvalue weighted by atomic mass is 10.1. The topological polar surface area (TPSA) is 73.0 Å². The number of hydrogen-bond acceptors (Lipinski definition) is 4. The van der Waals surface area contributed by atoms with Gasteiger partial charge in [-0.3, -0.25) is 14.8 Å². The van der Waals surface area contributed by atoms with Crippen LogP contribution in [0.4, 0.5) is 11.4 Å². The van der Waals surface area contributed by atoms with E-state index in [-0.39, 0.29) is 10.6 Å². The van der Waals surface area contributed by atoms with Crippen LogP contribution in [-0.4, -0.2) is 21.2 Å². The second-order valence-electron chi connectivity index (χ2n) is 5.16. The quantitative estimate of drug-likeness (QED) is 0.503. The van der Waals surface area contributed by atoms with Crippen LogP contribution in [0.5, 0.6) is 0 Å². The minimum atomic E-state index is -0.351. The molecule has 0 fully saturated rings. The molecule has 21 heavy (non-hydrogen) atoms. The van der Waals surface area contributed by atoms with Gasteiger partial charge in [-0.25, -0.2) is 0 Å². The molecule has 1 N–H and O–H groups in total. The van der Waals surface area contributed by atoms with Crippen LogP contribution < -0.4 is 5.32 Å². The number of para-hydroxylation sites is 1. The number of aryl methyl sites for hydroxylation is 4. The number of aromatic nitrogens is 2. The van der Waals surface area contributed by atoms with Crippen LogP contribution in [0.15, 0.2) is 24.3 Å². The zero-order chi connectivity index (χ0) is 15.4. The van der Waals surface area contributed by atoms with Gasteiger partial charge in [0.15, 0.2) is 0 Å². The van der Waals surface area contributed by atoms with Crippen molar-refractivity contribution < 1.29 is 4.92 Å². The normalized spacial score (nSPS) is 10.6. The van der Waals surface area contributed by atoms with Gasteiger partial charge in [-0.1, -0.05) is 12.1 Å². The number of hydrogen-bond donors (Lipinski definition) is 1. The van der Waals surface area contributed by atoms with Gasteiger partial charge in [-0.2, -0.15) is 5.10 Å². The highest BCUT2D eigenvalue weighted by Crippen LogP contribution is 2.27. The van der Waals surface area contributed by atoms with E-state index in [1.807, 2.05) is 37.6 Å². The van der Waals surface area contributed by atoms with Gasteiger partial charge < -0.3 is 5.32 Å². The first-order valence-electron chi connectivity index (χ1n) is 6.98. The zero-order valence-corrected chi connectivity index (χ0v) is 12.6. The maximum Gasteiger partial charge on any atom is 0.292 e. The minimum absolute atomic E-state index is 0.126. The molecule has 0 spiro atoms. The third-order valence-corrected chi connectivity index (χ3v) is 3.40. The molecule has 0 saturated heterocycles. The van der Waals surface area contributed by atoms with Gasteiger partial charge in [-0.05, 0) is 38.8 Å². The van der Waals surface area contributed by atoms with Crippen LogP contribution in [0.3, 0.4) is 0 Å². The molecule has 1 aromatic carbocycles. The average molecular weight is 288 g/mol. The van der Waals surface area contributed by atoms with Gasteiger partial charge in [0, 0.05) is 24.8 Å². The van der Waals surface area contributed by atoms with E-state index in [0.29, 0.717) is 12.2 Å². The Kier molecular flexibility index (Phi) is 4.57. The van der Waals surface area contributed by atoms with E-state index in [4.69, 9.17) is 0 Å². The number of rotatable bonds is 6. The van der Waals surface area contributed by atoms with Crippen molar-refractivity contribution in [1.82, 2.24) is 9.78 Å². The molecule has 0 aliphatic heterocycles. The first kappa shape index (κ1) is 15.0. The Labute approximate surface area is 123 Å². The number of nitro benzene ring substituents is 1. The molecule has 6 nitrogen and oxygen atoms in total. The maximum atomic E-state index is 11.0. The molecule has 0 radical (unpaired) electrons. The van der Waals surface area contributed by atoms with Crippen LogP contribution in [0, 0.1) is 30.9 Å². The largest absolute Gasteiger partial charge is 0.379 e. The monoisotopic (exact) mass is 288 g/mol. The highest BCUT2D eigenvalue weighted by atomic mass is 16.6. The first-order chi connectivity index (χ1) is 9.99. The molecule has 2 rings (SSSR count). The predicted molar refractivity (Wildman–Crippen MR) is 82.6 cm³/mol. The lowest BCUT2D eigenvalue weighted by Crippen LogP contribution is -2.10. The van der Waals surface area contributed by atoms with Gasteiger partial charge in [0.1, 0.15) is 5.69 Å². The summed E-state index contributed by atoms with van der Waals surface area (Å²) >= 11 is 0. The summed E-state index contributed by atoms with van der Waals surface area (Å²) in [6.07, 6.45) is 0.855. The summed E-state index contributed by atoms with van der Waals surface area (Å²) in [6, 6.07) is 7.14. The van der Waals surface area contributed by atoms with Crippen molar-refractivity contribution in [3.63, 3.8) is 0 Å². The van der Waals surface area contributed by atoms with Crippen molar-refractivity contribution in [2.24, 2.45) is 0 Å². The number of nitrogens with zero attached hydrogens (tertiary/aromatic N) is 3. The number of nitrogens with one attached hydrogen (secondary N) is 1. The summed E-state index contributed by atoms with van der Waals surface area (Å²) in [5, 5.41) is 18.6. The van der Waals surface area contributed by atoms with Gasteiger partial charge in [-0.15, -0.1) is 0 Å². The van der Waals surface area contributed by atoms with Gasteiger partial charge in [0.25, 0.3) is 5.69 Å². The molecule has 112 valence electrons. The van der Waals surface area contributed by atoms with Crippen LogP contribution >= 0.6 is 0 Å². The third kappa shape index (κ3) is 3.59. The molecule has 1 aromatic heterocycles. The Hall–Kier alpha value is -2.37. The van der Waals surface area contributed by atoms with Crippen LogP contribution in [0.1, 0.15) is 23.4 Å². The van der Waals surface area contributed by atoms with E-state index in [1.54, 1.807) is 6.07 Å². The lowest BCUT2D eigenvalue weighted by molar-refractivity contribution is -0.384. The molecule has 6 heteroatoms. The second kappa shape index (κ2) is 6.39. The smallest absolute Gasteiger partial charge is 0.292 e. The molecular formula is C15H20N4O2. The van der Waals surface area contributed by atoms with Crippen molar-refractivity contribution in [1.29, 1.82) is 0 Å². The number of anilines is 1. The highest BCUT2D eigenvalue weighted by Gasteiger charge is 2.14. The Balaban J connectivity index is 1.95. The van der Waals surface area contributed by atoms with Crippen molar-refractivity contribution >= 4 is 11.4 Å². The molecule has 1 heterocycles. The molecule has 0 atom stereocenters. The first-order valence-corrected chi connectivity index (χ1v) is 6.98. The van der Waals surface area contributed by atoms with Crippen LogP contribution in [-0.2, 0) is 6.54 Å². The fourth-order valence-electron chi connectivity index (χ4n) is 2.38. The Morgan fingerprint density at radius 1 is 1.33 bits per heavy atom. The SMILES string of the molecule is Cc1cc(C)n(CCCNc2c(C)cccc2[N+](=O)[O-])n1. The van der Waals surface area contributed by atoms with Crippen molar-refractivity contribution in [2.75, 3.05) is 11.9 Å². The van der Waals surface area contributed by atoms with Crippen molar-refractivity contribution in [3.8, 4) is 0 Å². The Morgan fingerprint density at radius 3 is 2.71 bits per heavy atom. The van der Waals surface area contributed by atoms with E-state index >= 15 is 0 Å². The van der Waals surface area contributed by atoms with E-state index in [9.17, 15) is 10.1 Å². The molecule has 2 aromatic rings. The standard InChI is InChI=1S/C15H20N4O2/c1-11-6-4-7-14(19(20)21)15(11)16-8-5-9-18-13(3)10-12(2)17-18/h4,6-7,10,16H,5,8-9H2,1-3H3. The fourth-order valence-corrected chi connectivity index (χ4v) is 2.38. The van der Waals surface area contributed by atoms with Crippen molar-refractivity contribution in [3.05, 3.63) is 51.3 Å². The fraction of sp³-hybridized carbons (Fsp3) is 0.400. The molecule has 0 saturated carbocycles. The summed E-state index contributed by atoms with van der Waals surface area (Å²) in [6.45, 7) is 7.34. The van der Waals surface area contributed by atoms with Gasteiger partial charge in [0.05, 0.1) is 10.6 Å². The molecular weight excluding hydrogens is 268 g/mol. The molecule has 0 amide bonds. The van der Waals surface area contributed by atoms with E-state index < -0.39 is 0 Å². The molecule has 0 aliphatic carbocycles. The Morgan fingerprint density at radius 2 is 2.10 bits per heavy atom. The molecule has 0 aliphatic rings. The zero-order valence-electron chi connectivity index (χ0n) is 12.6. The molecule has 0 bridgehead atoms. The number of nitro groups is 1. The summed E-state index contributed by atoms with van der Waals surface area (Å²) in [5.74, 6) is 0. The summed E-state index contributed by atoms with van der Waals surface area (Å²) in [5.41, 5.74) is 3.76. The lowest BCUT2D eigenvalue weighted by Gasteiger charge is -2.10. The van der Waals surface area contributed by atoms with Gasteiger partial charge in [0.2, 0.25) is 0 Å². The third-order valence-electron chi connectivity index (χ3n) is 3.40. The van der Waals surface area contributed by atoms with Crippen LogP contribution in [0.2, 0.25) is 0 Å². The average Bonchev–Trinajstić information content (AvgIpc) is 2.74. The van der Waals surface area contributed by atoms with Gasteiger partial charge >= 0.3 is 0 Å². The number of benzene rings is 1. The molecule has 0 unspecified atom stereocenters. The Bertz CT molecular complexity index is 649.